The van der Waals surface area contributed by atoms with E-state index in [1.165, 1.54) is 0 Å². The lowest BCUT2D eigenvalue weighted by Gasteiger charge is -2.54. The van der Waals surface area contributed by atoms with Gasteiger partial charge in [-0.25, -0.2) is 0 Å². The van der Waals surface area contributed by atoms with Gasteiger partial charge < -0.3 is 4.90 Å². The Bertz CT molecular complexity index is 472. The minimum Gasteiger partial charge on any atom is -0.335 e. The van der Waals surface area contributed by atoms with Gasteiger partial charge in [-0.3, -0.25) is 4.79 Å². The number of hydrogen-bond acceptors (Lipinski definition) is 1. The van der Waals surface area contributed by atoms with Crippen molar-refractivity contribution in [3.63, 3.8) is 0 Å². The zero-order valence-corrected chi connectivity index (χ0v) is 10.3. The first-order valence-electron chi connectivity index (χ1n) is 5.26. The molecule has 2 nitrogen and oxygen atoms in total. The van der Waals surface area contributed by atoms with Gasteiger partial charge >= 0.3 is 0 Å². The second-order valence-corrected chi connectivity index (χ2v) is 6.06. The van der Waals surface area contributed by atoms with E-state index in [1.54, 1.807) is 11.9 Å². The Kier molecular flexibility index (Phi) is 2.05. The van der Waals surface area contributed by atoms with Crippen LogP contribution in [0, 0.1) is 0 Å². The first-order chi connectivity index (χ1) is 7.52. The SMILES string of the molecule is CN1C(=O)c2ccccc2[C@@H]2CC(Cl)(Cl)[C@@H]21. The quantitative estimate of drug-likeness (QED) is 0.653. The monoisotopic (exact) mass is 255 g/mol. The van der Waals surface area contributed by atoms with Crippen LogP contribution in [0.4, 0.5) is 0 Å². The summed E-state index contributed by atoms with van der Waals surface area (Å²) >= 11 is 12.4. The van der Waals surface area contributed by atoms with E-state index in [4.69, 9.17) is 23.2 Å². The highest BCUT2D eigenvalue weighted by molar-refractivity contribution is 6.50. The first kappa shape index (κ1) is 10.4. The Labute approximate surface area is 104 Å². The highest BCUT2D eigenvalue weighted by Gasteiger charge is 2.58. The molecule has 3 rings (SSSR count). The van der Waals surface area contributed by atoms with E-state index in [0.29, 0.717) is 0 Å². The molecule has 0 unspecified atom stereocenters. The summed E-state index contributed by atoms with van der Waals surface area (Å²) in [6.07, 6.45) is 0.718. The summed E-state index contributed by atoms with van der Waals surface area (Å²) in [7, 11) is 1.77. The predicted molar refractivity (Wildman–Crippen MR) is 64.1 cm³/mol. The summed E-state index contributed by atoms with van der Waals surface area (Å²) < 4.78 is -0.789. The topological polar surface area (TPSA) is 20.3 Å². The van der Waals surface area contributed by atoms with Crippen LogP contribution in [0.5, 0.6) is 0 Å². The molecule has 4 heteroatoms. The second-order valence-electron chi connectivity index (χ2n) is 4.52. The summed E-state index contributed by atoms with van der Waals surface area (Å²) in [4.78, 5) is 13.8. The average molecular weight is 256 g/mol. The molecule has 2 aliphatic rings. The maximum absolute atomic E-state index is 12.1. The molecule has 1 aromatic carbocycles. The Morgan fingerprint density at radius 3 is 2.75 bits per heavy atom. The molecule has 1 aliphatic carbocycles. The van der Waals surface area contributed by atoms with Crippen molar-refractivity contribution in [2.45, 2.75) is 22.7 Å². The zero-order chi connectivity index (χ0) is 11.5. The maximum Gasteiger partial charge on any atom is 0.254 e. The summed E-state index contributed by atoms with van der Waals surface area (Å²) in [6, 6.07) is 7.63. The first-order valence-corrected chi connectivity index (χ1v) is 6.02. The van der Waals surface area contributed by atoms with E-state index in [0.717, 1.165) is 17.5 Å². The lowest BCUT2D eigenvalue weighted by atomic mass is 9.69. The summed E-state index contributed by atoms with van der Waals surface area (Å²) in [5.41, 5.74) is 1.88. The molecule has 0 bridgehead atoms. The van der Waals surface area contributed by atoms with Gasteiger partial charge in [-0.2, -0.15) is 0 Å². The molecule has 0 N–H and O–H groups in total. The molecule has 84 valence electrons. The van der Waals surface area contributed by atoms with Gasteiger partial charge in [0.05, 0.1) is 6.04 Å². The molecule has 0 radical (unpaired) electrons. The molecular weight excluding hydrogens is 245 g/mol. The largest absolute Gasteiger partial charge is 0.335 e. The lowest BCUT2D eigenvalue weighted by Crippen LogP contribution is -2.62. The Morgan fingerprint density at radius 2 is 2.06 bits per heavy atom. The van der Waals surface area contributed by atoms with Crippen molar-refractivity contribution in [2.24, 2.45) is 0 Å². The van der Waals surface area contributed by atoms with Crippen molar-refractivity contribution in [3.8, 4) is 0 Å². The highest BCUT2D eigenvalue weighted by Crippen LogP contribution is 2.56. The number of amides is 1. The number of carbonyl (C=O) groups excluding carboxylic acids is 1. The van der Waals surface area contributed by atoms with Crippen molar-refractivity contribution in [1.82, 2.24) is 4.90 Å². The minimum atomic E-state index is -0.789. The molecule has 16 heavy (non-hydrogen) atoms. The Balaban J connectivity index is 2.13. The molecule has 1 aromatic rings. The number of likely N-dealkylation sites (N-methyl/N-ethyl adjacent to an activating group) is 1. The Morgan fingerprint density at radius 1 is 1.38 bits per heavy atom. The van der Waals surface area contributed by atoms with Gasteiger partial charge in [0.2, 0.25) is 0 Å². The van der Waals surface area contributed by atoms with Gasteiger partial charge in [-0.05, 0) is 18.1 Å². The third kappa shape index (κ3) is 1.17. The highest BCUT2D eigenvalue weighted by atomic mass is 35.5. The number of rotatable bonds is 0. The zero-order valence-electron chi connectivity index (χ0n) is 8.78. The predicted octanol–water partition coefficient (Wildman–Crippen LogP) is 2.80. The van der Waals surface area contributed by atoms with Crippen LogP contribution < -0.4 is 0 Å². The molecule has 1 saturated carbocycles. The number of nitrogens with zero attached hydrogens (tertiary/aromatic N) is 1. The van der Waals surface area contributed by atoms with Crippen molar-refractivity contribution >= 4 is 29.1 Å². The molecule has 0 spiro atoms. The fourth-order valence-corrected chi connectivity index (χ4v) is 3.75. The van der Waals surface area contributed by atoms with Crippen molar-refractivity contribution in [3.05, 3.63) is 35.4 Å². The van der Waals surface area contributed by atoms with Crippen molar-refractivity contribution in [1.29, 1.82) is 0 Å². The van der Waals surface area contributed by atoms with E-state index in [9.17, 15) is 4.79 Å². The normalized spacial score (nSPS) is 30.4. The lowest BCUT2D eigenvalue weighted by molar-refractivity contribution is 0.0518. The third-order valence-corrected chi connectivity index (χ3v) is 4.39. The van der Waals surface area contributed by atoms with E-state index in [1.807, 2.05) is 24.3 Å². The number of hydrogen-bond donors (Lipinski definition) is 0. The fourth-order valence-electron chi connectivity index (χ4n) is 2.82. The minimum absolute atomic E-state index is 0.0159. The molecule has 2 atom stereocenters. The van der Waals surface area contributed by atoms with Crippen LogP contribution in [0.15, 0.2) is 24.3 Å². The van der Waals surface area contributed by atoms with Gasteiger partial charge in [0, 0.05) is 18.5 Å². The van der Waals surface area contributed by atoms with E-state index >= 15 is 0 Å². The molecule has 1 fully saturated rings. The number of benzene rings is 1. The molecule has 0 aromatic heterocycles. The van der Waals surface area contributed by atoms with Gasteiger partial charge in [0.15, 0.2) is 0 Å². The fraction of sp³-hybridized carbons (Fsp3) is 0.417. The van der Waals surface area contributed by atoms with Gasteiger partial charge in [-0.15, -0.1) is 0 Å². The summed E-state index contributed by atoms with van der Waals surface area (Å²) in [5.74, 6) is 0.302. The van der Waals surface area contributed by atoms with Crippen molar-refractivity contribution < 1.29 is 4.79 Å². The van der Waals surface area contributed by atoms with Crippen LogP contribution in [0.3, 0.4) is 0 Å². The number of halogens is 2. The average Bonchev–Trinajstić information content (AvgIpc) is 2.24. The third-order valence-electron chi connectivity index (χ3n) is 3.63. The molecule has 0 saturated heterocycles. The van der Waals surface area contributed by atoms with Crippen LogP contribution in [0.2, 0.25) is 0 Å². The van der Waals surface area contributed by atoms with Crippen LogP contribution in [-0.2, 0) is 0 Å². The molecule has 1 heterocycles. The molecule has 1 amide bonds. The van der Waals surface area contributed by atoms with Crippen LogP contribution >= 0.6 is 23.2 Å². The van der Waals surface area contributed by atoms with E-state index in [-0.39, 0.29) is 17.9 Å². The van der Waals surface area contributed by atoms with Gasteiger partial charge in [0.1, 0.15) is 4.33 Å². The maximum atomic E-state index is 12.1. The van der Waals surface area contributed by atoms with Gasteiger partial charge in [-0.1, -0.05) is 41.4 Å². The van der Waals surface area contributed by atoms with Crippen LogP contribution in [-0.4, -0.2) is 28.2 Å². The standard InChI is InChI=1S/C12H11Cl2NO/c1-15-10-9(6-12(10,13)14)7-4-2-3-5-8(7)11(15)16/h2-5,9-10H,6H2,1H3/t9-,10+/m0/s1. The summed E-state index contributed by atoms with van der Waals surface area (Å²) in [6.45, 7) is 0. The molecular formula is C12H11Cl2NO. The second kappa shape index (κ2) is 3.14. The molecule has 1 aliphatic heterocycles. The van der Waals surface area contributed by atoms with Crippen LogP contribution in [0.1, 0.15) is 28.3 Å². The van der Waals surface area contributed by atoms with Crippen molar-refractivity contribution in [2.75, 3.05) is 7.05 Å². The van der Waals surface area contributed by atoms with Crippen LogP contribution in [0.25, 0.3) is 0 Å². The number of fused-ring (bicyclic) bond motifs is 3. The smallest absolute Gasteiger partial charge is 0.254 e. The van der Waals surface area contributed by atoms with Gasteiger partial charge in [0.25, 0.3) is 5.91 Å². The number of alkyl halides is 2. The number of carbonyl (C=O) groups is 1. The van der Waals surface area contributed by atoms with E-state index in [2.05, 4.69) is 0 Å². The Hall–Kier alpha value is -0.730. The van der Waals surface area contributed by atoms with E-state index < -0.39 is 4.33 Å². The summed E-state index contributed by atoms with van der Waals surface area (Å²) in [5, 5.41) is 0.